The summed E-state index contributed by atoms with van der Waals surface area (Å²) in [5.74, 6) is 0. The van der Waals surface area contributed by atoms with Crippen LogP contribution in [0.15, 0.2) is 24.3 Å². The van der Waals surface area contributed by atoms with Crippen LogP contribution in [0.4, 0.5) is 0 Å². The standard InChI is InChI=1S/C17H28N2/c1-5-14-6-8-15(9-7-14)10-11-19(4)16-12-17(2,3)18-13-16/h6-9,16,18H,5,10-13H2,1-4H3. The van der Waals surface area contributed by atoms with Crippen LogP contribution in [0.1, 0.15) is 38.3 Å². The highest BCUT2D eigenvalue weighted by atomic mass is 15.2. The van der Waals surface area contributed by atoms with Crippen LogP contribution in [0, 0.1) is 0 Å². The number of hydrogen-bond donors (Lipinski definition) is 1. The molecule has 1 unspecified atom stereocenters. The zero-order valence-electron chi connectivity index (χ0n) is 12.9. The lowest BCUT2D eigenvalue weighted by Crippen LogP contribution is -2.34. The van der Waals surface area contributed by atoms with E-state index in [0.717, 1.165) is 25.9 Å². The molecule has 0 aliphatic carbocycles. The molecule has 1 N–H and O–H groups in total. The number of nitrogens with zero attached hydrogens (tertiary/aromatic N) is 1. The molecule has 19 heavy (non-hydrogen) atoms. The van der Waals surface area contributed by atoms with Crippen molar-refractivity contribution in [1.82, 2.24) is 10.2 Å². The summed E-state index contributed by atoms with van der Waals surface area (Å²) in [5, 5.41) is 3.60. The van der Waals surface area contributed by atoms with Crippen molar-refractivity contribution in [3.05, 3.63) is 35.4 Å². The van der Waals surface area contributed by atoms with E-state index in [9.17, 15) is 0 Å². The van der Waals surface area contributed by atoms with Gasteiger partial charge in [0.05, 0.1) is 0 Å². The van der Waals surface area contributed by atoms with Crippen LogP contribution in [0.2, 0.25) is 0 Å². The molecule has 0 bridgehead atoms. The van der Waals surface area contributed by atoms with Gasteiger partial charge in [0.15, 0.2) is 0 Å². The molecule has 2 heteroatoms. The summed E-state index contributed by atoms with van der Waals surface area (Å²) in [5.41, 5.74) is 3.19. The molecule has 1 atom stereocenters. The van der Waals surface area contributed by atoms with Gasteiger partial charge in [0.1, 0.15) is 0 Å². The Labute approximate surface area is 118 Å². The molecule has 1 aliphatic rings. The third-order valence-corrected chi connectivity index (χ3v) is 4.37. The van der Waals surface area contributed by atoms with Crippen LogP contribution in [0.3, 0.4) is 0 Å². The van der Waals surface area contributed by atoms with Crippen molar-refractivity contribution in [2.45, 2.75) is 51.6 Å². The first-order valence-corrected chi connectivity index (χ1v) is 7.53. The Hall–Kier alpha value is -0.860. The largest absolute Gasteiger partial charge is 0.310 e. The van der Waals surface area contributed by atoms with Crippen molar-refractivity contribution >= 4 is 0 Å². The Kier molecular flexibility index (Phi) is 4.64. The Balaban J connectivity index is 1.81. The Morgan fingerprint density at radius 2 is 1.84 bits per heavy atom. The summed E-state index contributed by atoms with van der Waals surface area (Å²) in [6, 6.07) is 9.77. The Morgan fingerprint density at radius 3 is 2.37 bits per heavy atom. The predicted molar refractivity (Wildman–Crippen MR) is 82.6 cm³/mol. The van der Waals surface area contributed by atoms with E-state index in [2.05, 4.69) is 62.3 Å². The first kappa shape index (κ1) is 14.5. The minimum Gasteiger partial charge on any atom is -0.310 e. The quantitative estimate of drug-likeness (QED) is 0.876. The Morgan fingerprint density at radius 1 is 1.21 bits per heavy atom. The SMILES string of the molecule is CCc1ccc(CCN(C)C2CNC(C)(C)C2)cc1. The molecule has 0 spiro atoms. The topological polar surface area (TPSA) is 15.3 Å². The fourth-order valence-corrected chi connectivity index (χ4v) is 2.87. The van der Waals surface area contributed by atoms with Gasteiger partial charge in [0.2, 0.25) is 0 Å². The minimum absolute atomic E-state index is 0.307. The summed E-state index contributed by atoms with van der Waals surface area (Å²) < 4.78 is 0. The van der Waals surface area contributed by atoms with E-state index in [0.29, 0.717) is 11.6 Å². The van der Waals surface area contributed by atoms with Crippen LogP contribution in [-0.2, 0) is 12.8 Å². The molecular formula is C17H28N2. The number of hydrogen-bond acceptors (Lipinski definition) is 2. The van der Waals surface area contributed by atoms with E-state index in [1.165, 1.54) is 17.5 Å². The summed E-state index contributed by atoms with van der Waals surface area (Å²) >= 11 is 0. The van der Waals surface area contributed by atoms with Gasteiger partial charge in [-0.05, 0) is 51.3 Å². The predicted octanol–water partition coefficient (Wildman–Crippen LogP) is 2.86. The number of nitrogens with one attached hydrogen (secondary N) is 1. The van der Waals surface area contributed by atoms with Crippen molar-refractivity contribution < 1.29 is 0 Å². The zero-order valence-corrected chi connectivity index (χ0v) is 12.9. The summed E-state index contributed by atoms with van der Waals surface area (Å²) in [6.45, 7) is 9.07. The maximum absolute atomic E-state index is 3.60. The lowest BCUT2D eigenvalue weighted by atomic mass is 10.0. The molecule has 1 saturated heterocycles. The van der Waals surface area contributed by atoms with Crippen LogP contribution in [-0.4, -0.2) is 36.6 Å². The average Bonchev–Trinajstić information content (AvgIpc) is 2.77. The van der Waals surface area contributed by atoms with E-state index in [1.807, 2.05) is 0 Å². The van der Waals surface area contributed by atoms with Crippen LogP contribution >= 0.6 is 0 Å². The second kappa shape index (κ2) is 6.06. The summed E-state index contributed by atoms with van der Waals surface area (Å²) in [7, 11) is 2.26. The van der Waals surface area contributed by atoms with Crippen LogP contribution in [0.25, 0.3) is 0 Å². The van der Waals surface area contributed by atoms with E-state index in [4.69, 9.17) is 0 Å². The molecule has 106 valence electrons. The maximum Gasteiger partial charge on any atom is 0.0235 e. The van der Waals surface area contributed by atoms with E-state index in [-0.39, 0.29) is 0 Å². The van der Waals surface area contributed by atoms with Crippen molar-refractivity contribution in [2.75, 3.05) is 20.1 Å². The highest BCUT2D eigenvalue weighted by Gasteiger charge is 2.32. The van der Waals surface area contributed by atoms with E-state index < -0.39 is 0 Å². The minimum atomic E-state index is 0.307. The van der Waals surface area contributed by atoms with Gasteiger partial charge in [-0.1, -0.05) is 31.2 Å². The van der Waals surface area contributed by atoms with Gasteiger partial charge in [-0.3, -0.25) is 0 Å². The molecule has 1 aliphatic heterocycles. The van der Waals surface area contributed by atoms with Gasteiger partial charge >= 0.3 is 0 Å². The molecule has 1 aromatic rings. The van der Waals surface area contributed by atoms with Gasteiger partial charge in [0.25, 0.3) is 0 Å². The molecule has 1 aromatic carbocycles. The van der Waals surface area contributed by atoms with Crippen molar-refractivity contribution in [3.8, 4) is 0 Å². The fourth-order valence-electron chi connectivity index (χ4n) is 2.87. The van der Waals surface area contributed by atoms with Crippen LogP contribution < -0.4 is 5.32 Å². The van der Waals surface area contributed by atoms with E-state index in [1.54, 1.807) is 0 Å². The van der Waals surface area contributed by atoms with Crippen LogP contribution in [0.5, 0.6) is 0 Å². The molecule has 0 saturated carbocycles. The van der Waals surface area contributed by atoms with Gasteiger partial charge in [-0.15, -0.1) is 0 Å². The molecule has 1 fully saturated rings. The lowest BCUT2D eigenvalue weighted by molar-refractivity contribution is 0.251. The number of aryl methyl sites for hydroxylation is 1. The third kappa shape index (κ3) is 4.05. The van der Waals surface area contributed by atoms with Gasteiger partial charge in [0, 0.05) is 24.7 Å². The maximum atomic E-state index is 3.60. The summed E-state index contributed by atoms with van der Waals surface area (Å²) in [4.78, 5) is 2.51. The molecule has 0 amide bonds. The Bertz CT molecular complexity index is 394. The lowest BCUT2D eigenvalue weighted by Gasteiger charge is -2.25. The summed E-state index contributed by atoms with van der Waals surface area (Å²) in [6.07, 6.45) is 3.53. The van der Waals surface area contributed by atoms with Gasteiger partial charge < -0.3 is 10.2 Å². The third-order valence-electron chi connectivity index (χ3n) is 4.37. The monoisotopic (exact) mass is 260 g/mol. The fraction of sp³-hybridized carbons (Fsp3) is 0.647. The number of likely N-dealkylation sites (N-methyl/N-ethyl adjacent to an activating group) is 1. The molecular weight excluding hydrogens is 232 g/mol. The first-order valence-electron chi connectivity index (χ1n) is 7.53. The highest BCUT2D eigenvalue weighted by molar-refractivity contribution is 5.22. The molecule has 0 aromatic heterocycles. The second-order valence-corrected chi connectivity index (χ2v) is 6.52. The van der Waals surface area contributed by atoms with Crippen molar-refractivity contribution in [2.24, 2.45) is 0 Å². The van der Waals surface area contributed by atoms with E-state index >= 15 is 0 Å². The smallest absolute Gasteiger partial charge is 0.0235 e. The molecule has 2 rings (SSSR count). The van der Waals surface area contributed by atoms with Crippen molar-refractivity contribution in [1.29, 1.82) is 0 Å². The first-order chi connectivity index (χ1) is 9.00. The normalized spacial score (nSPS) is 22.1. The highest BCUT2D eigenvalue weighted by Crippen LogP contribution is 2.21. The molecule has 1 heterocycles. The van der Waals surface area contributed by atoms with Gasteiger partial charge in [-0.25, -0.2) is 0 Å². The second-order valence-electron chi connectivity index (χ2n) is 6.52. The molecule has 2 nitrogen and oxygen atoms in total. The number of benzene rings is 1. The molecule has 0 radical (unpaired) electrons. The number of rotatable bonds is 5. The average molecular weight is 260 g/mol. The van der Waals surface area contributed by atoms with Crippen molar-refractivity contribution in [3.63, 3.8) is 0 Å². The zero-order chi connectivity index (χ0) is 13.9. The van der Waals surface area contributed by atoms with Gasteiger partial charge in [-0.2, -0.15) is 0 Å².